The Labute approximate surface area is 161 Å². The molecule has 0 radical (unpaired) electrons. The molecule has 27 heavy (non-hydrogen) atoms. The molecule has 4 amide bonds. The summed E-state index contributed by atoms with van der Waals surface area (Å²) in [5, 5.41) is 7.59. The number of carbonyl (C=O) groups excluding carboxylic acids is 3. The molecule has 0 saturated carbocycles. The summed E-state index contributed by atoms with van der Waals surface area (Å²) in [6.45, 7) is 1.75. The van der Waals surface area contributed by atoms with Crippen LogP contribution in [-0.4, -0.2) is 29.3 Å². The van der Waals surface area contributed by atoms with Crippen molar-refractivity contribution in [2.45, 2.75) is 38.1 Å². The highest BCUT2D eigenvalue weighted by atomic mass is 32.1. The van der Waals surface area contributed by atoms with Gasteiger partial charge in [0.05, 0.1) is 0 Å². The number of amides is 4. The van der Waals surface area contributed by atoms with E-state index in [0.29, 0.717) is 12.1 Å². The Morgan fingerprint density at radius 2 is 2.19 bits per heavy atom. The fraction of sp³-hybridized carbons (Fsp3) is 0.350. The molecular weight excluding hydrogens is 362 g/mol. The van der Waals surface area contributed by atoms with Crippen LogP contribution in [0.1, 0.15) is 35.8 Å². The van der Waals surface area contributed by atoms with Crippen LogP contribution in [0.5, 0.6) is 0 Å². The molecule has 1 aliphatic carbocycles. The number of nitrogens with one attached hydrogen (secondary N) is 2. The van der Waals surface area contributed by atoms with Gasteiger partial charge in [0.15, 0.2) is 0 Å². The Hall–Kier alpha value is -2.67. The summed E-state index contributed by atoms with van der Waals surface area (Å²) < 4.78 is 0. The fourth-order valence-corrected chi connectivity index (χ4v) is 4.90. The molecule has 6 nitrogen and oxygen atoms in total. The Bertz CT molecular complexity index is 923. The Kier molecular flexibility index (Phi) is 4.47. The van der Waals surface area contributed by atoms with Crippen molar-refractivity contribution < 1.29 is 14.4 Å². The molecule has 1 aromatic heterocycles. The lowest BCUT2D eigenvalue weighted by molar-refractivity contribution is -0.134. The summed E-state index contributed by atoms with van der Waals surface area (Å²) >= 11 is 1.61. The maximum absolute atomic E-state index is 13.1. The van der Waals surface area contributed by atoms with Crippen molar-refractivity contribution in [2.24, 2.45) is 0 Å². The molecule has 0 unspecified atom stereocenters. The largest absolute Gasteiger partial charge is 0.325 e. The first-order valence-electron chi connectivity index (χ1n) is 9.13. The highest BCUT2D eigenvalue weighted by Crippen LogP contribution is 2.42. The average molecular weight is 383 g/mol. The average Bonchev–Trinajstić information content (AvgIpc) is 3.23. The van der Waals surface area contributed by atoms with E-state index in [1.165, 1.54) is 0 Å². The molecule has 2 aromatic rings. The van der Waals surface area contributed by atoms with E-state index in [1.807, 2.05) is 36.6 Å². The van der Waals surface area contributed by atoms with Crippen LogP contribution in [-0.2, 0) is 28.0 Å². The first kappa shape index (κ1) is 17.7. The van der Waals surface area contributed by atoms with Crippen molar-refractivity contribution in [3.63, 3.8) is 0 Å². The van der Waals surface area contributed by atoms with Gasteiger partial charge < -0.3 is 10.6 Å². The van der Waals surface area contributed by atoms with Gasteiger partial charge in [-0.3, -0.25) is 14.5 Å². The van der Waals surface area contributed by atoms with Crippen molar-refractivity contribution in [3.8, 4) is 0 Å². The summed E-state index contributed by atoms with van der Waals surface area (Å²) in [6, 6.07) is 8.96. The lowest BCUT2D eigenvalue weighted by atomic mass is 9.80. The van der Waals surface area contributed by atoms with Crippen molar-refractivity contribution in [3.05, 3.63) is 51.7 Å². The summed E-state index contributed by atoms with van der Waals surface area (Å²) in [4.78, 5) is 40.2. The van der Waals surface area contributed by atoms with Gasteiger partial charge in [-0.25, -0.2) is 4.79 Å². The lowest BCUT2D eigenvalue weighted by Gasteiger charge is -2.31. The van der Waals surface area contributed by atoms with Crippen LogP contribution in [0, 0.1) is 0 Å². The van der Waals surface area contributed by atoms with E-state index in [-0.39, 0.29) is 18.4 Å². The quantitative estimate of drug-likeness (QED) is 0.797. The Morgan fingerprint density at radius 3 is 3.00 bits per heavy atom. The second-order valence-electron chi connectivity index (χ2n) is 6.94. The number of urea groups is 1. The standard InChI is InChI=1S/C20H21N3O3S/c1-2-13-5-3-6-14(11-13)21-17(24)12-23-18(25)20(22-19(23)26)9-4-7-16-15(20)8-10-27-16/h3,5-6,8,10-11H,2,4,7,9,12H2,1H3,(H,21,24)(H,22,26)/t20-/m0/s1. The Morgan fingerprint density at radius 1 is 1.33 bits per heavy atom. The van der Waals surface area contributed by atoms with Crippen LogP contribution >= 0.6 is 11.3 Å². The summed E-state index contributed by atoms with van der Waals surface area (Å²) in [7, 11) is 0. The minimum absolute atomic E-state index is 0.289. The van der Waals surface area contributed by atoms with E-state index in [4.69, 9.17) is 0 Å². The van der Waals surface area contributed by atoms with Gasteiger partial charge in [0.2, 0.25) is 5.91 Å². The number of hydrogen-bond donors (Lipinski definition) is 2. The van der Waals surface area contributed by atoms with Gasteiger partial charge in [0.1, 0.15) is 12.1 Å². The van der Waals surface area contributed by atoms with Crippen molar-refractivity contribution in [2.75, 3.05) is 11.9 Å². The molecule has 4 rings (SSSR count). The van der Waals surface area contributed by atoms with E-state index in [1.54, 1.807) is 17.4 Å². The van der Waals surface area contributed by atoms with Gasteiger partial charge in [-0.1, -0.05) is 19.1 Å². The number of aryl methyl sites for hydroxylation is 2. The van der Waals surface area contributed by atoms with Crippen LogP contribution < -0.4 is 10.6 Å². The zero-order valence-corrected chi connectivity index (χ0v) is 15.9. The summed E-state index contributed by atoms with van der Waals surface area (Å²) in [5.74, 6) is -0.713. The van der Waals surface area contributed by atoms with Crippen LogP contribution in [0.3, 0.4) is 0 Å². The molecule has 1 atom stereocenters. The first-order valence-corrected chi connectivity index (χ1v) is 10.0. The van der Waals surface area contributed by atoms with Crippen LogP contribution in [0.25, 0.3) is 0 Å². The third-order valence-corrected chi connectivity index (χ3v) is 6.24. The molecule has 2 N–H and O–H groups in total. The number of anilines is 1. The minimum atomic E-state index is -1.01. The van der Waals surface area contributed by atoms with Crippen LogP contribution in [0.2, 0.25) is 0 Å². The molecule has 1 fully saturated rings. The van der Waals surface area contributed by atoms with E-state index >= 15 is 0 Å². The molecule has 1 aromatic carbocycles. The lowest BCUT2D eigenvalue weighted by Crippen LogP contribution is -2.46. The molecule has 0 bridgehead atoms. The highest BCUT2D eigenvalue weighted by molar-refractivity contribution is 7.10. The smallest absolute Gasteiger partial charge is 0.325 e. The van der Waals surface area contributed by atoms with E-state index < -0.39 is 11.6 Å². The normalized spacial score (nSPS) is 21.3. The van der Waals surface area contributed by atoms with Gasteiger partial charge in [-0.05, 0) is 54.8 Å². The second kappa shape index (κ2) is 6.81. The fourth-order valence-electron chi connectivity index (χ4n) is 3.90. The molecular formula is C20H21N3O3S. The topological polar surface area (TPSA) is 78.5 Å². The summed E-state index contributed by atoms with van der Waals surface area (Å²) in [5.41, 5.74) is 1.65. The van der Waals surface area contributed by atoms with Gasteiger partial charge >= 0.3 is 6.03 Å². The summed E-state index contributed by atoms with van der Waals surface area (Å²) in [6.07, 6.45) is 3.19. The van der Waals surface area contributed by atoms with Gasteiger partial charge in [0.25, 0.3) is 5.91 Å². The van der Waals surface area contributed by atoms with Gasteiger partial charge in [-0.15, -0.1) is 11.3 Å². The Balaban J connectivity index is 1.51. The van der Waals surface area contributed by atoms with E-state index in [0.717, 1.165) is 40.2 Å². The molecule has 2 aliphatic rings. The number of carbonyl (C=O) groups is 3. The number of hydrogen-bond acceptors (Lipinski definition) is 4. The zero-order chi connectivity index (χ0) is 19.0. The number of imide groups is 1. The highest BCUT2D eigenvalue weighted by Gasteiger charge is 2.54. The van der Waals surface area contributed by atoms with Crippen LogP contribution in [0.4, 0.5) is 10.5 Å². The number of benzene rings is 1. The third kappa shape index (κ3) is 3.02. The van der Waals surface area contributed by atoms with E-state index in [2.05, 4.69) is 10.6 Å². The maximum Gasteiger partial charge on any atom is 0.325 e. The molecule has 140 valence electrons. The molecule has 1 spiro atoms. The third-order valence-electron chi connectivity index (χ3n) is 5.26. The van der Waals surface area contributed by atoms with Crippen molar-refractivity contribution in [1.29, 1.82) is 0 Å². The number of thiophene rings is 1. The van der Waals surface area contributed by atoms with Gasteiger partial charge in [0, 0.05) is 16.1 Å². The van der Waals surface area contributed by atoms with Crippen molar-refractivity contribution >= 4 is 34.9 Å². The predicted octanol–water partition coefficient (Wildman–Crippen LogP) is 3.03. The molecule has 1 aliphatic heterocycles. The van der Waals surface area contributed by atoms with Gasteiger partial charge in [-0.2, -0.15) is 0 Å². The predicted molar refractivity (Wildman–Crippen MR) is 104 cm³/mol. The second-order valence-corrected chi connectivity index (χ2v) is 7.94. The number of rotatable bonds is 4. The zero-order valence-electron chi connectivity index (χ0n) is 15.1. The van der Waals surface area contributed by atoms with E-state index in [9.17, 15) is 14.4 Å². The molecule has 1 saturated heterocycles. The SMILES string of the molecule is CCc1cccc(NC(=O)CN2C(=O)N[C@]3(CCCc4sccc43)C2=O)c1. The molecule has 2 heterocycles. The molecule has 7 heteroatoms. The van der Waals surface area contributed by atoms with Crippen molar-refractivity contribution in [1.82, 2.24) is 10.2 Å². The monoisotopic (exact) mass is 383 g/mol. The number of fused-ring (bicyclic) bond motifs is 2. The van der Waals surface area contributed by atoms with Crippen LogP contribution in [0.15, 0.2) is 35.7 Å². The number of nitrogens with zero attached hydrogens (tertiary/aromatic N) is 1. The maximum atomic E-state index is 13.1. The minimum Gasteiger partial charge on any atom is -0.325 e. The first-order chi connectivity index (χ1) is 13.0.